The lowest BCUT2D eigenvalue weighted by Gasteiger charge is -2.06. The molecule has 0 aliphatic carbocycles. The molecule has 0 saturated carbocycles. The summed E-state index contributed by atoms with van der Waals surface area (Å²) in [6.07, 6.45) is 3.84. The fourth-order valence-corrected chi connectivity index (χ4v) is 2.63. The molecular weight excluding hydrogens is 238 g/mol. The van der Waals surface area contributed by atoms with Crippen LogP contribution in [0.3, 0.4) is 0 Å². The maximum absolute atomic E-state index is 11.7. The number of aromatic nitrogens is 2. The molecule has 1 N–H and O–H groups in total. The molecule has 2 aromatic heterocycles. The van der Waals surface area contributed by atoms with Crippen LogP contribution in [-0.4, -0.2) is 15.3 Å². The van der Waals surface area contributed by atoms with Gasteiger partial charge in [0.1, 0.15) is 5.65 Å². The highest BCUT2D eigenvalue weighted by molar-refractivity contribution is 6.00. The van der Waals surface area contributed by atoms with Crippen molar-refractivity contribution in [2.45, 2.75) is 6.54 Å². The fourth-order valence-electron chi connectivity index (χ4n) is 2.63. The molecule has 0 saturated heterocycles. The molecule has 3 heterocycles. The Balaban J connectivity index is 2.01. The number of rotatable bonds is 1. The molecular formula is C15H11N3O. The molecule has 0 radical (unpaired) electrons. The average Bonchev–Trinajstić information content (AvgIpc) is 3.03. The van der Waals surface area contributed by atoms with Crippen molar-refractivity contribution < 1.29 is 4.79 Å². The van der Waals surface area contributed by atoms with Gasteiger partial charge in [-0.1, -0.05) is 18.2 Å². The summed E-state index contributed by atoms with van der Waals surface area (Å²) < 4.78 is 2.04. The number of nitrogens with zero attached hydrogens (tertiary/aromatic N) is 2. The number of carbonyl (C=O) groups excluding carboxylic acids is 1. The topological polar surface area (TPSA) is 46.4 Å². The summed E-state index contributed by atoms with van der Waals surface area (Å²) in [5.74, 6) is 0.00525. The Labute approximate surface area is 109 Å². The van der Waals surface area contributed by atoms with Gasteiger partial charge >= 0.3 is 0 Å². The van der Waals surface area contributed by atoms with Gasteiger partial charge in [0.2, 0.25) is 0 Å². The van der Waals surface area contributed by atoms with Crippen LogP contribution in [0.25, 0.3) is 16.9 Å². The Bertz CT molecular complexity index is 804. The molecule has 0 atom stereocenters. The van der Waals surface area contributed by atoms with E-state index in [1.54, 1.807) is 0 Å². The van der Waals surface area contributed by atoms with Gasteiger partial charge in [-0.2, -0.15) is 0 Å². The van der Waals surface area contributed by atoms with Gasteiger partial charge in [-0.05, 0) is 23.8 Å². The van der Waals surface area contributed by atoms with Crippen molar-refractivity contribution in [1.29, 1.82) is 0 Å². The number of nitrogens with one attached hydrogen (secondary N) is 1. The third kappa shape index (κ3) is 1.40. The molecule has 19 heavy (non-hydrogen) atoms. The van der Waals surface area contributed by atoms with Gasteiger partial charge in [-0.25, -0.2) is 4.98 Å². The van der Waals surface area contributed by atoms with Crippen LogP contribution < -0.4 is 5.32 Å². The van der Waals surface area contributed by atoms with E-state index in [1.165, 1.54) is 0 Å². The smallest absolute Gasteiger partial charge is 0.251 e. The third-order valence-corrected chi connectivity index (χ3v) is 3.54. The van der Waals surface area contributed by atoms with Crippen molar-refractivity contribution in [1.82, 2.24) is 14.7 Å². The molecule has 0 fully saturated rings. The number of carbonyl (C=O) groups is 1. The SMILES string of the molecule is O=C1NCc2c1cccc2-c1cnc2ccccn12. The molecule has 0 spiro atoms. The summed E-state index contributed by atoms with van der Waals surface area (Å²) in [6, 6.07) is 11.7. The van der Waals surface area contributed by atoms with Gasteiger partial charge in [0, 0.05) is 23.9 Å². The van der Waals surface area contributed by atoms with Gasteiger partial charge in [0.05, 0.1) is 11.9 Å². The quantitative estimate of drug-likeness (QED) is 0.719. The highest BCUT2D eigenvalue weighted by Crippen LogP contribution is 2.29. The largest absolute Gasteiger partial charge is 0.348 e. The number of fused-ring (bicyclic) bond motifs is 2. The second kappa shape index (κ2) is 3.68. The lowest BCUT2D eigenvalue weighted by Crippen LogP contribution is -2.12. The van der Waals surface area contributed by atoms with Crippen LogP contribution in [0.2, 0.25) is 0 Å². The number of pyridine rings is 1. The standard InChI is InChI=1S/C15H11N3O/c19-15-11-5-3-4-10(12(11)8-17-15)13-9-16-14-6-1-2-7-18(13)14/h1-7,9H,8H2,(H,17,19). The van der Waals surface area contributed by atoms with E-state index in [9.17, 15) is 4.79 Å². The van der Waals surface area contributed by atoms with Crippen molar-refractivity contribution in [3.05, 3.63) is 59.9 Å². The Morgan fingerprint density at radius 2 is 2.00 bits per heavy atom. The van der Waals surface area contributed by atoms with E-state index in [0.717, 1.165) is 28.0 Å². The molecule has 1 aromatic carbocycles. The van der Waals surface area contributed by atoms with Crippen LogP contribution in [0.15, 0.2) is 48.8 Å². The van der Waals surface area contributed by atoms with E-state index in [-0.39, 0.29) is 5.91 Å². The lowest BCUT2D eigenvalue weighted by molar-refractivity contribution is 0.0966. The highest BCUT2D eigenvalue weighted by Gasteiger charge is 2.22. The van der Waals surface area contributed by atoms with E-state index in [0.29, 0.717) is 6.54 Å². The summed E-state index contributed by atoms with van der Waals surface area (Å²) in [7, 11) is 0. The number of imidazole rings is 1. The van der Waals surface area contributed by atoms with E-state index in [4.69, 9.17) is 0 Å². The first kappa shape index (κ1) is 10.3. The number of benzene rings is 1. The molecule has 1 aliphatic heterocycles. The molecule has 4 rings (SSSR count). The van der Waals surface area contributed by atoms with Crippen LogP contribution in [-0.2, 0) is 6.54 Å². The average molecular weight is 249 g/mol. The predicted octanol–water partition coefficient (Wildman–Crippen LogP) is 2.24. The lowest BCUT2D eigenvalue weighted by atomic mass is 10.0. The maximum Gasteiger partial charge on any atom is 0.251 e. The van der Waals surface area contributed by atoms with Crippen LogP contribution in [0.4, 0.5) is 0 Å². The zero-order valence-electron chi connectivity index (χ0n) is 10.1. The minimum absolute atomic E-state index is 0.00525. The molecule has 92 valence electrons. The predicted molar refractivity (Wildman–Crippen MR) is 71.8 cm³/mol. The minimum atomic E-state index is 0.00525. The van der Waals surface area contributed by atoms with Crippen molar-refractivity contribution >= 4 is 11.6 Å². The zero-order chi connectivity index (χ0) is 12.8. The van der Waals surface area contributed by atoms with Gasteiger partial charge in [0.25, 0.3) is 5.91 Å². The summed E-state index contributed by atoms with van der Waals surface area (Å²) in [5.41, 5.74) is 4.81. The van der Waals surface area contributed by atoms with E-state index in [2.05, 4.69) is 10.3 Å². The molecule has 0 bridgehead atoms. The summed E-state index contributed by atoms with van der Waals surface area (Å²) in [5, 5.41) is 2.87. The van der Waals surface area contributed by atoms with Crippen molar-refractivity contribution in [2.75, 3.05) is 0 Å². The number of amides is 1. The molecule has 4 nitrogen and oxygen atoms in total. The molecule has 1 aliphatic rings. The van der Waals surface area contributed by atoms with Gasteiger partial charge in [-0.15, -0.1) is 0 Å². The summed E-state index contributed by atoms with van der Waals surface area (Å²) in [6.45, 7) is 0.588. The minimum Gasteiger partial charge on any atom is -0.348 e. The second-order valence-corrected chi connectivity index (χ2v) is 4.59. The van der Waals surface area contributed by atoms with Crippen LogP contribution >= 0.6 is 0 Å². The molecule has 4 heteroatoms. The Kier molecular flexibility index (Phi) is 2.00. The fraction of sp³-hybridized carbons (Fsp3) is 0.0667. The van der Waals surface area contributed by atoms with Crippen LogP contribution in [0, 0.1) is 0 Å². The van der Waals surface area contributed by atoms with Crippen LogP contribution in [0.5, 0.6) is 0 Å². The monoisotopic (exact) mass is 249 g/mol. The van der Waals surface area contributed by atoms with Gasteiger partial charge in [-0.3, -0.25) is 9.20 Å². The number of hydrogen-bond donors (Lipinski definition) is 1. The third-order valence-electron chi connectivity index (χ3n) is 3.54. The van der Waals surface area contributed by atoms with Gasteiger partial charge in [0.15, 0.2) is 0 Å². The number of hydrogen-bond acceptors (Lipinski definition) is 2. The van der Waals surface area contributed by atoms with Crippen molar-refractivity contribution in [3.63, 3.8) is 0 Å². The Morgan fingerprint density at radius 1 is 1.11 bits per heavy atom. The van der Waals surface area contributed by atoms with Crippen molar-refractivity contribution in [3.8, 4) is 11.3 Å². The second-order valence-electron chi connectivity index (χ2n) is 4.59. The van der Waals surface area contributed by atoms with E-state index in [1.807, 2.05) is 53.2 Å². The Hall–Kier alpha value is -2.62. The molecule has 3 aromatic rings. The summed E-state index contributed by atoms with van der Waals surface area (Å²) >= 11 is 0. The van der Waals surface area contributed by atoms with Crippen molar-refractivity contribution in [2.24, 2.45) is 0 Å². The van der Waals surface area contributed by atoms with Gasteiger partial charge < -0.3 is 5.32 Å². The first-order chi connectivity index (χ1) is 9.34. The maximum atomic E-state index is 11.7. The Morgan fingerprint density at radius 3 is 2.95 bits per heavy atom. The van der Waals surface area contributed by atoms with Crippen LogP contribution in [0.1, 0.15) is 15.9 Å². The normalized spacial score (nSPS) is 13.6. The summed E-state index contributed by atoms with van der Waals surface area (Å²) in [4.78, 5) is 16.1. The van der Waals surface area contributed by atoms with E-state index >= 15 is 0 Å². The van der Waals surface area contributed by atoms with E-state index < -0.39 is 0 Å². The first-order valence-corrected chi connectivity index (χ1v) is 6.17. The highest BCUT2D eigenvalue weighted by atomic mass is 16.1. The molecule has 1 amide bonds. The molecule has 0 unspecified atom stereocenters. The first-order valence-electron chi connectivity index (χ1n) is 6.17. The zero-order valence-corrected chi connectivity index (χ0v) is 10.1.